The standard InChI is InChI=1S/C12H11FINO/c13-9-3-8(1-2-10(9)14)11(16)15-12-4-7(5-12)6-12/h1-3,7H,4-6H2,(H,15,16). The zero-order valence-electron chi connectivity index (χ0n) is 8.59. The van der Waals surface area contributed by atoms with Gasteiger partial charge in [-0.05, 0) is 66.0 Å². The molecule has 1 aromatic rings. The summed E-state index contributed by atoms with van der Waals surface area (Å²) in [5.74, 6) is 0.355. The number of amides is 1. The maximum Gasteiger partial charge on any atom is 0.251 e. The maximum absolute atomic E-state index is 13.3. The molecule has 84 valence electrons. The third kappa shape index (κ3) is 1.54. The second-order valence-electron chi connectivity index (χ2n) is 4.84. The topological polar surface area (TPSA) is 29.1 Å². The number of hydrogen-bond donors (Lipinski definition) is 1. The van der Waals surface area contributed by atoms with Gasteiger partial charge in [-0.3, -0.25) is 4.79 Å². The van der Waals surface area contributed by atoms with E-state index in [0.29, 0.717) is 9.13 Å². The van der Waals surface area contributed by atoms with Crippen LogP contribution in [0.1, 0.15) is 29.6 Å². The summed E-state index contributed by atoms with van der Waals surface area (Å²) in [6.45, 7) is 0. The minimum absolute atomic E-state index is 0.0568. The Bertz CT molecular complexity index is 457. The highest BCUT2D eigenvalue weighted by Gasteiger charge is 2.57. The molecular formula is C12H11FINO. The molecule has 0 spiro atoms. The summed E-state index contributed by atoms with van der Waals surface area (Å²) >= 11 is 1.91. The third-order valence-corrected chi connectivity index (χ3v) is 4.47. The number of hydrogen-bond acceptors (Lipinski definition) is 1. The van der Waals surface area contributed by atoms with Gasteiger partial charge in [0.25, 0.3) is 5.91 Å². The van der Waals surface area contributed by atoms with Gasteiger partial charge in [-0.2, -0.15) is 0 Å². The lowest BCUT2D eigenvalue weighted by atomic mass is 9.50. The fraction of sp³-hybridized carbons (Fsp3) is 0.417. The van der Waals surface area contributed by atoms with E-state index in [0.717, 1.165) is 25.2 Å². The van der Waals surface area contributed by atoms with Crippen molar-refractivity contribution in [3.05, 3.63) is 33.1 Å². The van der Waals surface area contributed by atoms with Crippen molar-refractivity contribution in [3.8, 4) is 0 Å². The molecule has 0 aliphatic heterocycles. The van der Waals surface area contributed by atoms with Crippen molar-refractivity contribution < 1.29 is 9.18 Å². The molecule has 16 heavy (non-hydrogen) atoms. The van der Waals surface area contributed by atoms with Crippen LogP contribution in [-0.2, 0) is 0 Å². The zero-order valence-corrected chi connectivity index (χ0v) is 10.8. The van der Waals surface area contributed by atoms with E-state index < -0.39 is 0 Å². The van der Waals surface area contributed by atoms with Crippen LogP contribution < -0.4 is 5.32 Å². The number of benzene rings is 1. The molecule has 0 unspecified atom stereocenters. The number of halogens is 2. The predicted octanol–water partition coefficient (Wildman–Crippen LogP) is 2.71. The Kier molecular flexibility index (Phi) is 2.24. The molecule has 3 aliphatic rings. The minimum atomic E-state index is -0.328. The van der Waals surface area contributed by atoms with Crippen LogP contribution >= 0.6 is 22.6 Å². The first kappa shape index (κ1) is 10.5. The Balaban J connectivity index is 1.75. The fourth-order valence-electron chi connectivity index (χ4n) is 2.58. The molecule has 0 aromatic heterocycles. The Labute approximate surface area is 107 Å². The molecule has 0 saturated heterocycles. The van der Waals surface area contributed by atoms with Crippen molar-refractivity contribution in [3.63, 3.8) is 0 Å². The average Bonchev–Trinajstić information content (AvgIpc) is 2.13. The summed E-state index contributed by atoms with van der Waals surface area (Å²) in [6.07, 6.45) is 3.31. The normalized spacial score (nSPS) is 30.2. The minimum Gasteiger partial charge on any atom is -0.347 e. The molecule has 2 bridgehead atoms. The van der Waals surface area contributed by atoms with Gasteiger partial charge in [0.2, 0.25) is 0 Å². The number of carbonyl (C=O) groups is 1. The average molecular weight is 331 g/mol. The molecule has 0 heterocycles. The Morgan fingerprint density at radius 2 is 2.12 bits per heavy atom. The van der Waals surface area contributed by atoms with Gasteiger partial charge in [-0.25, -0.2) is 4.39 Å². The van der Waals surface area contributed by atoms with E-state index in [1.807, 2.05) is 22.6 Å². The largest absolute Gasteiger partial charge is 0.347 e. The lowest BCUT2D eigenvalue weighted by molar-refractivity contribution is -0.0438. The molecular weight excluding hydrogens is 320 g/mol. The molecule has 3 saturated carbocycles. The van der Waals surface area contributed by atoms with E-state index in [1.54, 1.807) is 12.1 Å². The quantitative estimate of drug-likeness (QED) is 0.830. The highest BCUT2D eigenvalue weighted by atomic mass is 127. The highest BCUT2D eigenvalue weighted by Crippen LogP contribution is 2.56. The molecule has 0 atom stereocenters. The highest BCUT2D eigenvalue weighted by molar-refractivity contribution is 14.1. The van der Waals surface area contributed by atoms with Crippen LogP contribution in [0, 0.1) is 15.3 Å². The van der Waals surface area contributed by atoms with Crippen molar-refractivity contribution in [2.75, 3.05) is 0 Å². The van der Waals surface area contributed by atoms with Gasteiger partial charge in [-0.1, -0.05) is 0 Å². The van der Waals surface area contributed by atoms with Gasteiger partial charge in [0, 0.05) is 14.7 Å². The van der Waals surface area contributed by atoms with E-state index in [1.165, 1.54) is 6.07 Å². The monoisotopic (exact) mass is 331 g/mol. The molecule has 0 radical (unpaired) electrons. The van der Waals surface area contributed by atoms with E-state index in [9.17, 15) is 9.18 Å². The van der Waals surface area contributed by atoms with Gasteiger partial charge in [0.1, 0.15) is 5.82 Å². The Hall–Kier alpha value is -0.650. The molecule has 3 aliphatic carbocycles. The molecule has 4 heteroatoms. The summed E-state index contributed by atoms with van der Waals surface area (Å²) in [5, 5.41) is 3.01. The Morgan fingerprint density at radius 1 is 1.44 bits per heavy atom. The Morgan fingerprint density at radius 3 is 2.62 bits per heavy atom. The zero-order chi connectivity index (χ0) is 11.3. The summed E-state index contributed by atoms with van der Waals surface area (Å²) in [6, 6.07) is 4.61. The first-order valence-electron chi connectivity index (χ1n) is 5.36. The van der Waals surface area contributed by atoms with Crippen molar-refractivity contribution in [1.82, 2.24) is 5.32 Å². The van der Waals surface area contributed by atoms with Gasteiger partial charge in [0.05, 0.1) is 0 Å². The molecule has 3 fully saturated rings. The SMILES string of the molecule is O=C(NC12CC(C1)C2)c1ccc(I)c(F)c1. The van der Waals surface area contributed by atoms with Gasteiger partial charge in [0.15, 0.2) is 0 Å². The molecule has 2 nitrogen and oxygen atoms in total. The summed E-state index contributed by atoms with van der Waals surface area (Å²) in [7, 11) is 0. The van der Waals surface area contributed by atoms with Crippen LogP contribution in [-0.4, -0.2) is 11.4 Å². The van der Waals surface area contributed by atoms with Crippen LogP contribution in [0.5, 0.6) is 0 Å². The lowest BCUT2D eigenvalue weighted by Gasteiger charge is -2.61. The first-order valence-corrected chi connectivity index (χ1v) is 6.43. The van der Waals surface area contributed by atoms with E-state index >= 15 is 0 Å². The predicted molar refractivity (Wildman–Crippen MR) is 66.7 cm³/mol. The van der Waals surface area contributed by atoms with Crippen LogP contribution in [0.3, 0.4) is 0 Å². The molecule has 4 rings (SSSR count). The van der Waals surface area contributed by atoms with Crippen LogP contribution in [0.25, 0.3) is 0 Å². The van der Waals surface area contributed by atoms with Crippen molar-refractivity contribution in [1.29, 1.82) is 0 Å². The van der Waals surface area contributed by atoms with E-state index in [-0.39, 0.29) is 17.3 Å². The van der Waals surface area contributed by atoms with Crippen molar-refractivity contribution in [2.24, 2.45) is 5.92 Å². The first-order chi connectivity index (χ1) is 7.58. The van der Waals surface area contributed by atoms with Crippen molar-refractivity contribution >= 4 is 28.5 Å². The van der Waals surface area contributed by atoms with Crippen LogP contribution in [0.4, 0.5) is 4.39 Å². The van der Waals surface area contributed by atoms with Gasteiger partial charge in [-0.15, -0.1) is 0 Å². The molecule has 1 aromatic carbocycles. The molecule has 1 N–H and O–H groups in total. The van der Waals surface area contributed by atoms with E-state index in [2.05, 4.69) is 5.32 Å². The number of rotatable bonds is 2. The maximum atomic E-state index is 13.3. The van der Waals surface area contributed by atoms with Crippen molar-refractivity contribution in [2.45, 2.75) is 24.8 Å². The fourth-order valence-corrected chi connectivity index (χ4v) is 2.92. The van der Waals surface area contributed by atoms with E-state index in [4.69, 9.17) is 0 Å². The summed E-state index contributed by atoms with van der Waals surface area (Å²) in [5.41, 5.74) is 0.476. The second-order valence-corrected chi connectivity index (χ2v) is 6.00. The summed E-state index contributed by atoms with van der Waals surface area (Å²) in [4.78, 5) is 11.9. The summed E-state index contributed by atoms with van der Waals surface area (Å²) < 4.78 is 13.8. The third-order valence-electron chi connectivity index (χ3n) is 3.60. The molecule has 1 amide bonds. The number of carbonyl (C=O) groups excluding carboxylic acids is 1. The van der Waals surface area contributed by atoms with Gasteiger partial charge >= 0.3 is 0 Å². The number of nitrogens with one attached hydrogen (secondary N) is 1. The van der Waals surface area contributed by atoms with Gasteiger partial charge < -0.3 is 5.32 Å². The van der Waals surface area contributed by atoms with Crippen LogP contribution in [0.2, 0.25) is 0 Å². The lowest BCUT2D eigenvalue weighted by Crippen LogP contribution is -2.68. The smallest absolute Gasteiger partial charge is 0.251 e. The van der Waals surface area contributed by atoms with Crippen LogP contribution in [0.15, 0.2) is 18.2 Å². The second kappa shape index (κ2) is 3.42.